The predicted molar refractivity (Wildman–Crippen MR) is 111 cm³/mol. The van der Waals surface area contributed by atoms with Crippen LogP contribution in [0.4, 0.5) is 17.2 Å². The number of benzene rings is 2. The Labute approximate surface area is 171 Å². The number of azo groups is 1. The summed E-state index contributed by atoms with van der Waals surface area (Å²) in [7, 11) is -2.17. The molecule has 0 atom stereocenters. The molecular weight excluding hydrogens is 406 g/mol. The lowest BCUT2D eigenvalue weighted by atomic mass is 10.1. The Bertz CT molecular complexity index is 1350. The second kappa shape index (κ2) is 7.54. The first-order valence-electron chi connectivity index (χ1n) is 8.69. The SMILES string of the molecule is COc1ccc(-c2ccnc3c(N=Nc4ccc(S(N)(=O)=O)cc4)c(N)nn23)cc1. The number of sulfonamides is 1. The Morgan fingerprint density at radius 1 is 1.00 bits per heavy atom. The number of methoxy groups -OCH3 is 1. The molecule has 0 bridgehead atoms. The number of aromatic nitrogens is 3. The molecule has 0 radical (unpaired) electrons. The molecule has 0 spiro atoms. The van der Waals surface area contributed by atoms with Crippen molar-refractivity contribution >= 4 is 32.9 Å². The average molecular weight is 423 g/mol. The van der Waals surface area contributed by atoms with Crippen molar-refractivity contribution in [2.45, 2.75) is 4.90 Å². The molecule has 0 unspecified atom stereocenters. The van der Waals surface area contributed by atoms with Crippen molar-refractivity contribution in [3.05, 3.63) is 60.8 Å². The van der Waals surface area contributed by atoms with E-state index in [9.17, 15) is 8.42 Å². The minimum Gasteiger partial charge on any atom is -0.497 e. The van der Waals surface area contributed by atoms with Gasteiger partial charge in [0.15, 0.2) is 17.2 Å². The molecular formula is C19H17N7O3S. The molecule has 0 saturated heterocycles. The number of nitrogens with zero attached hydrogens (tertiary/aromatic N) is 5. The molecule has 4 rings (SSSR count). The van der Waals surface area contributed by atoms with Crippen LogP contribution in [0.1, 0.15) is 0 Å². The van der Waals surface area contributed by atoms with Crippen molar-refractivity contribution in [2.24, 2.45) is 15.4 Å². The maximum atomic E-state index is 11.3. The van der Waals surface area contributed by atoms with Gasteiger partial charge >= 0.3 is 0 Å². The topological polar surface area (TPSA) is 150 Å². The zero-order valence-electron chi connectivity index (χ0n) is 15.8. The summed E-state index contributed by atoms with van der Waals surface area (Å²) in [4.78, 5) is 4.32. The van der Waals surface area contributed by atoms with E-state index < -0.39 is 10.0 Å². The fraction of sp³-hybridized carbons (Fsp3) is 0.0526. The van der Waals surface area contributed by atoms with Gasteiger partial charge in [0.25, 0.3) is 0 Å². The van der Waals surface area contributed by atoms with Crippen LogP contribution in [0.2, 0.25) is 0 Å². The van der Waals surface area contributed by atoms with Crippen molar-refractivity contribution in [1.82, 2.24) is 14.6 Å². The molecule has 10 nitrogen and oxygen atoms in total. The van der Waals surface area contributed by atoms with E-state index in [0.717, 1.165) is 17.0 Å². The molecule has 0 aliphatic carbocycles. The Balaban J connectivity index is 1.71. The van der Waals surface area contributed by atoms with Gasteiger partial charge in [-0.1, -0.05) is 0 Å². The van der Waals surface area contributed by atoms with E-state index in [2.05, 4.69) is 20.3 Å². The number of fused-ring (bicyclic) bond motifs is 1. The quantitative estimate of drug-likeness (QED) is 0.471. The van der Waals surface area contributed by atoms with E-state index >= 15 is 0 Å². The molecule has 2 aromatic heterocycles. The van der Waals surface area contributed by atoms with E-state index in [4.69, 9.17) is 15.6 Å². The smallest absolute Gasteiger partial charge is 0.238 e. The van der Waals surface area contributed by atoms with Crippen molar-refractivity contribution < 1.29 is 13.2 Å². The number of hydrogen-bond acceptors (Lipinski definition) is 8. The summed E-state index contributed by atoms with van der Waals surface area (Å²) in [5.74, 6) is 0.903. The minimum absolute atomic E-state index is 0.0113. The lowest BCUT2D eigenvalue weighted by Gasteiger charge is -2.05. The second-order valence-electron chi connectivity index (χ2n) is 6.27. The highest BCUT2D eigenvalue weighted by molar-refractivity contribution is 7.89. The molecule has 4 aromatic rings. The molecule has 0 aliphatic rings. The van der Waals surface area contributed by atoms with Crippen LogP contribution >= 0.6 is 0 Å². The van der Waals surface area contributed by atoms with Crippen LogP contribution in [0.15, 0.2) is 75.9 Å². The van der Waals surface area contributed by atoms with Gasteiger partial charge in [-0.25, -0.2) is 23.1 Å². The summed E-state index contributed by atoms with van der Waals surface area (Å²) in [6.07, 6.45) is 1.63. The molecule has 30 heavy (non-hydrogen) atoms. The number of primary sulfonamides is 1. The first-order chi connectivity index (χ1) is 14.4. The molecule has 11 heteroatoms. The van der Waals surface area contributed by atoms with Crippen molar-refractivity contribution in [3.8, 4) is 17.0 Å². The average Bonchev–Trinajstić information content (AvgIpc) is 3.07. The van der Waals surface area contributed by atoms with Gasteiger partial charge in [-0.05, 0) is 54.6 Å². The molecule has 2 heterocycles. The summed E-state index contributed by atoms with van der Waals surface area (Å²) < 4.78 is 29.5. The first kappa shape index (κ1) is 19.5. The predicted octanol–water partition coefficient (Wildman–Crippen LogP) is 3.05. The third kappa shape index (κ3) is 3.71. The lowest BCUT2D eigenvalue weighted by Crippen LogP contribution is -2.11. The highest BCUT2D eigenvalue weighted by Gasteiger charge is 2.15. The van der Waals surface area contributed by atoms with Crippen molar-refractivity contribution in [1.29, 1.82) is 0 Å². The van der Waals surface area contributed by atoms with Gasteiger partial charge in [-0.2, -0.15) is 5.11 Å². The number of nitrogen functional groups attached to an aromatic ring is 1. The molecule has 2 aromatic carbocycles. The van der Waals surface area contributed by atoms with E-state index in [1.165, 1.54) is 24.3 Å². The standard InChI is InChI=1S/C19H17N7O3S/c1-29-14-6-2-12(3-7-14)16-10-11-22-19-17(18(20)25-26(16)19)24-23-13-4-8-15(9-5-13)30(21,27)28/h2-11H,1H3,(H2,20,25)(H2,21,27,28). The molecule has 0 aliphatic heterocycles. The van der Waals surface area contributed by atoms with Crippen LogP contribution < -0.4 is 15.6 Å². The van der Waals surface area contributed by atoms with Gasteiger partial charge in [0, 0.05) is 11.8 Å². The number of rotatable bonds is 5. The summed E-state index contributed by atoms with van der Waals surface area (Å²) in [6, 6.07) is 15.0. The molecule has 4 N–H and O–H groups in total. The van der Waals surface area contributed by atoms with Crippen LogP contribution in [0.5, 0.6) is 5.75 Å². The van der Waals surface area contributed by atoms with E-state index in [1.54, 1.807) is 17.8 Å². The number of hydrogen-bond donors (Lipinski definition) is 2. The summed E-state index contributed by atoms with van der Waals surface area (Å²) >= 11 is 0. The zero-order valence-corrected chi connectivity index (χ0v) is 16.6. The summed E-state index contributed by atoms with van der Waals surface area (Å²) in [6.45, 7) is 0. The maximum absolute atomic E-state index is 11.3. The zero-order chi connectivity index (χ0) is 21.3. The fourth-order valence-corrected chi connectivity index (χ4v) is 3.35. The lowest BCUT2D eigenvalue weighted by molar-refractivity contribution is 0.415. The van der Waals surface area contributed by atoms with Crippen LogP contribution in [0.3, 0.4) is 0 Å². The van der Waals surface area contributed by atoms with E-state index in [0.29, 0.717) is 17.0 Å². The molecule has 0 fully saturated rings. The summed E-state index contributed by atoms with van der Waals surface area (Å²) in [5, 5.41) is 17.7. The van der Waals surface area contributed by atoms with Crippen LogP contribution in [-0.4, -0.2) is 30.1 Å². The van der Waals surface area contributed by atoms with Crippen LogP contribution in [0, 0.1) is 0 Å². The van der Waals surface area contributed by atoms with Crippen LogP contribution in [0.25, 0.3) is 16.9 Å². The van der Waals surface area contributed by atoms with E-state index in [-0.39, 0.29) is 10.7 Å². The van der Waals surface area contributed by atoms with Gasteiger partial charge in [0.05, 0.1) is 23.4 Å². The minimum atomic E-state index is -3.77. The monoisotopic (exact) mass is 423 g/mol. The largest absolute Gasteiger partial charge is 0.497 e. The number of ether oxygens (including phenoxy) is 1. The van der Waals surface area contributed by atoms with Gasteiger partial charge in [-0.15, -0.1) is 10.2 Å². The van der Waals surface area contributed by atoms with Crippen molar-refractivity contribution in [2.75, 3.05) is 12.8 Å². The Morgan fingerprint density at radius 2 is 1.70 bits per heavy atom. The second-order valence-corrected chi connectivity index (χ2v) is 7.83. The van der Waals surface area contributed by atoms with Gasteiger partial charge in [-0.3, -0.25) is 0 Å². The normalized spacial score (nSPS) is 11.9. The third-order valence-electron chi connectivity index (χ3n) is 4.34. The summed E-state index contributed by atoms with van der Waals surface area (Å²) in [5.41, 5.74) is 8.88. The maximum Gasteiger partial charge on any atom is 0.238 e. The van der Waals surface area contributed by atoms with Gasteiger partial charge < -0.3 is 10.5 Å². The van der Waals surface area contributed by atoms with Gasteiger partial charge in [0.1, 0.15) is 5.75 Å². The van der Waals surface area contributed by atoms with Crippen LogP contribution in [-0.2, 0) is 10.0 Å². The molecule has 0 saturated carbocycles. The Hall–Kier alpha value is -3.83. The van der Waals surface area contributed by atoms with E-state index in [1.807, 2.05) is 30.3 Å². The van der Waals surface area contributed by atoms with Crippen molar-refractivity contribution in [3.63, 3.8) is 0 Å². The number of nitrogens with two attached hydrogens (primary N) is 2. The molecule has 0 amide bonds. The molecule has 152 valence electrons. The highest BCUT2D eigenvalue weighted by atomic mass is 32.2. The fourth-order valence-electron chi connectivity index (χ4n) is 2.84. The highest BCUT2D eigenvalue weighted by Crippen LogP contribution is 2.31. The Kier molecular flexibility index (Phi) is 4.90. The van der Waals surface area contributed by atoms with Gasteiger partial charge in [0.2, 0.25) is 10.0 Å². The Morgan fingerprint density at radius 3 is 2.33 bits per heavy atom. The third-order valence-corrected chi connectivity index (χ3v) is 5.27. The first-order valence-corrected chi connectivity index (χ1v) is 10.2. The number of anilines is 1.